The maximum absolute atomic E-state index is 12.6. The van der Waals surface area contributed by atoms with E-state index in [2.05, 4.69) is 27.0 Å². The van der Waals surface area contributed by atoms with Crippen LogP contribution in [0.1, 0.15) is 36.1 Å². The third-order valence-electron chi connectivity index (χ3n) is 5.46. The first-order valence-electron chi connectivity index (χ1n) is 9.24. The molecular formula is C18H30N4OS. The Hall–Kier alpha value is -0.980. The van der Waals surface area contributed by atoms with E-state index in [0.717, 1.165) is 57.2 Å². The predicted molar refractivity (Wildman–Crippen MR) is 98.1 cm³/mol. The van der Waals surface area contributed by atoms with Gasteiger partial charge in [-0.25, -0.2) is 4.98 Å². The van der Waals surface area contributed by atoms with Crippen LogP contribution in [0.2, 0.25) is 0 Å². The Labute approximate surface area is 149 Å². The molecule has 3 rings (SSSR count). The average molecular weight is 351 g/mol. The van der Waals surface area contributed by atoms with Gasteiger partial charge in [0.05, 0.1) is 5.01 Å². The second-order valence-electron chi connectivity index (χ2n) is 7.27. The summed E-state index contributed by atoms with van der Waals surface area (Å²) in [7, 11) is 0. The van der Waals surface area contributed by atoms with Gasteiger partial charge in [-0.05, 0) is 44.7 Å². The van der Waals surface area contributed by atoms with Crippen molar-refractivity contribution in [1.29, 1.82) is 0 Å². The van der Waals surface area contributed by atoms with Gasteiger partial charge >= 0.3 is 0 Å². The van der Waals surface area contributed by atoms with E-state index in [4.69, 9.17) is 0 Å². The number of rotatable bonds is 5. The fourth-order valence-corrected chi connectivity index (χ4v) is 4.68. The largest absolute Gasteiger partial charge is 0.340 e. The van der Waals surface area contributed by atoms with Crippen molar-refractivity contribution in [2.24, 2.45) is 11.8 Å². The van der Waals surface area contributed by atoms with E-state index in [-0.39, 0.29) is 0 Å². The van der Waals surface area contributed by atoms with E-state index in [1.54, 1.807) is 11.3 Å². The highest BCUT2D eigenvalue weighted by Gasteiger charge is 2.26. The van der Waals surface area contributed by atoms with Gasteiger partial charge in [0.25, 0.3) is 0 Å². The molecule has 134 valence electrons. The summed E-state index contributed by atoms with van der Waals surface area (Å²) in [6.07, 6.45) is 5.14. The molecule has 1 atom stereocenters. The highest BCUT2D eigenvalue weighted by atomic mass is 32.1. The number of hydrogen-bond acceptors (Lipinski definition) is 5. The topological polar surface area (TPSA) is 48.5 Å². The number of amides is 1. The Morgan fingerprint density at radius 2 is 2.04 bits per heavy atom. The minimum absolute atomic E-state index is 0.356. The summed E-state index contributed by atoms with van der Waals surface area (Å²) in [4.78, 5) is 22.8. The van der Waals surface area contributed by atoms with Gasteiger partial charge in [0.2, 0.25) is 5.91 Å². The van der Waals surface area contributed by atoms with Gasteiger partial charge < -0.3 is 10.2 Å². The van der Waals surface area contributed by atoms with Crippen LogP contribution < -0.4 is 5.32 Å². The smallest absolute Gasteiger partial charge is 0.222 e. The van der Waals surface area contributed by atoms with Crippen LogP contribution in [-0.2, 0) is 11.3 Å². The summed E-state index contributed by atoms with van der Waals surface area (Å²) in [6.45, 7) is 11.2. The molecule has 5 nitrogen and oxygen atoms in total. The van der Waals surface area contributed by atoms with Crippen molar-refractivity contribution in [3.63, 3.8) is 0 Å². The van der Waals surface area contributed by atoms with E-state index in [0.29, 0.717) is 17.7 Å². The van der Waals surface area contributed by atoms with Crippen LogP contribution in [0.15, 0.2) is 6.20 Å². The number of carbonyl (C=O) groups excluding carboxylic acids is 1. The number of piperazine rings is 1. The van der Waals surface area contributed by atoms with Crippen LogP contribution in [0, 0.1) is 18.8 Å². The highest BCUT2D eigenvalue weighted by molar-refractivity contribution is 7.11. The maximum Gasteiger partial charge on any atom is 0.222 e. The van der Waals surface area contributed by atoms with E-state index < -0.39 is 0 Å². The van der Waals surface area contributed by atoms with Crippen molar-refractivity contribution < 1.29 is 4.79 Å². The lowest BCUT2D eigenvalue weighted by Gasteiger charge is -2.36. The van der Waals surface area contributed by atoms with Crippen LogP contribution >= 0.6 is 11.3 Å². The molecule has 2 aliphatic rings. The quantitative estimate of drug-likeness (QED) is 0.884. The molecule has 1 N–H and O–H groups in total. The Balaban J connectivity index is 1.41. The standard InChI is InChI=1S/C18H30N4OS/c1-14(16-3-5-19-6-4-16)11-18(23)22-9-7-21(8-10-22)13-17-12-20-15(2)24-17/h12,14,16,19H,3-11,13H2,1-2H3. The zero-order chi connectivity index (χ0) is 16.9. The first-order valence-corrected chi connectivity index (χ1v) is 10.1. The molecule has 2 fully saturated rings. The number of nitrogens with one attached hydrogen (secondary N) is 1. The minimum Gasteiger partial charge on any atom is -0.340 e. The third kappa shape index (κ3) is 4.77. The molecule has 2 saturated heterocycles. The summed E-state index contributed by atoms with van der Waals surface area (Å²) in [6, 6.07) is 0. The molecule has 1 amide bonds. The third-order valence-corrected chi connectivity index (χ3v) is 6.36. The van der Waals surface area contributed by atoms with Crippen molar-refractivity contribution in [3.05, 3.63) is 16.1 Å². The fourth-order valence-electron chi connectivity index (χ4n) is 3.84. The molecule has 0 saturated carbocycles. The molecule has 2 aliphatic heterocycles. The molecule has 0 aliphatic carbocycles. The first kappa shape index (κ1) is 17.8. The summed E-state index contributed by atoms with van der Waals surface area (Å²) in [5.41, 5.74) is 0. The maximum atomic E-state index is 12.6. The van der Waals surface area contributed by atoms with Gasteiger partial charge in [0.1, 0.15) is 0 Å². The van der Waals surface area contributed by atoms with Crippen molar-refractivity contribution >= 4 is 17.2 Å². The number of carbonyl (C=O) groups is 1. The predicted octanol–water partition coefficient (Wildman–Crippen LogP) is 2.12. The van der Waals surface area contributed by atoms with Crippen LogP contribution in [-0.4, -0.2) is 60.0 Å². The van der Waals surface area contributed by atoms with Gasteiger partial charge in [-0.3, -0.25) is 9.69 Å². The number of hydrogen-bond donors (Lipinski definition) is 1. The lowest BCUT2D eigenvalue weighted by atomic mass is 9.84. The van der Waals surface area contributed by atoms with Gasteiger partial charge in [0, 0.05) is 50.2 Å². The Bertz CT molecular complexity index is 533. The molecule has 6 heteroatoms. The lowest BCUT2D eigenvalue weighted by Crippen LogP contribution is -2.48. The average Bonchev–Trinajstić information content (AvgIpc) is 3.01. The molecule has 0 bridgehead atoms. The molecule has 1 aromatic rings. The van der Waals surface area contributed by atoms with Gasteiger partial charge in [-0.15, -0.1) is 11.3 Å². The van der Waals surface area contributed by atoms with E-state index in [1.807, 2.05) is 13.1 Å². The minimum atomic E-state index is 0.356. The zero-order valence-electron chi connectivity index (χ0n) is 15.0. The summed E-state index contributed by atoms with van der Waals surface area (Å²) in [5.74, 6) is 1.58. The number of thiazole rings is 1. The molecule has 0 aromatic carbocycles. The SMILES string of the molecule is Cc1ncc(CN2CCN(C(=O)CC(C)C3CCNCC3)CC2)s1. The van der Waals surface area contributed by atoms with E-state index in [1.165, 1.54) is 17.7 Å². The normalized spacial score (nSPS) is 21.8. The van der Waals surface area contributed by atoms with Crippen molar-refractivity contribution in [1.82, 2.24) is 20.1 Å². The molecular weight excluding hydrogens is 320 g/mol. The molecule has 24 heavy (non-hydrogen) atoms. The first-order chi connectivity index (χ1) is 11.6. The fraction of sp³-hybridized carbons (Fsp3) is 0.778. The summed E-state index contributed by atoms with van der Waals surface area (Å²) in [5, 5.41) is 4.54. The Morgan fingerprint density at radius 3 is 2.67 bits per heavy atom. The second kappa shape index (κ2) is 8.41. The van der Waals surface area contributed by atoms with E-state index in [9.17, 15) is 4.79 Å². The van der Waals surface area contributed by atoms with Gasteiger partial charge in [-0.2, -0.15) is 0 Å². The molecule has 3 heterocycles. The summed E-state index contributed by atoms with van der Waals surface area (Å²) < 4.78 is 0. The van der Waals surface area contributed by atoms with Crippen molar-refractivity contribution in [3.8, 4) is 0 Å². The summed E-state index contributed by atoms with van der Waals surface area (Å²) >= 11 is 1.77. The van der Waals surface area contributed by atoms with Gasteiger partial charge in [0.15, 0.2) is 0 Å². The highest BCUT2D eigenvalue weighted by Crippen LogP contribution is 2.25. The molecule has 0 spiro atoms. The van der Waals surface area contributed by atoms with Crippen LogP contribution in [0.3, 0.4) is 0 Å². The van der Waals surface area contributed by atoms with Crippen LogP contribution in [0.25, 0.3) is 0 Å². The lowest BCUT2D eigenvalue weighted by molar-refractivity contribution is -0.134. The van der Waals surface area contributed by atoms with Gasteiger partial charge in [-0.1, -0.05) is 6.92 Å². The number of nitrogens with zero attached hydrogens (tertiary/aromatic N) is 3. The number of piperidine rings is 1. The number of aryl methyl sites for hydroxylation is 1. The van der Waals surface area contributed by atoms with Crippen molar-refractivity contribution in [2.75, 3.05) is 39.3 Å². The molecule has 1 unspecified atom stereocenters. The molecule has 0 radical (unpaired) electrons. The second-order valence-corrected chi connectivity index (χ2v) is 8.59. The Morgan fingerprint density at radius 1 is 1.33 bits per heavy atom. The van der Waals surface area contributed by atoms with Crippen LogP contribution in [0.4, 0.5) is 0 Å². The Kier molecular flexibility index (Phi) is 6.25. The van der Waals surface area contributed by atoms with Crippen molar-refractivity contribution in [2.45, 2.75) is 39.7 Å². The zero-order valence-corrected chi connectivity index (χ0v) is 15.8. The van der Waals surface area contributed by atoms with E-state index >= 15 is 0 Å². The molecule has 1 aromatic heterocycles. The number of aromatic nitrogens is 1. The monoisotopic (exact) mass is 350 g/mol. The van der Waals surface area contributed by atoms with Crippen LogP contribution in [0.5, 0.6) is 0 Å².